The summed E-state index contributed by atoms with van der Waals surface area (Å²) in [5.41, 5.74) is 1.82. The number of amides is 1. The van der Waals surface area contributed by atoms with Crippen LogP contribution in [0.25, 0.3) is 5.70 Å². The van der Waals surface area contributed by atoms with Crippen molar-refractivity contribution in [2.75, 3.05) is 10.6 Å². The zero-order valence-corrected chi connectivity index (χ0v) is 14.7. The van der Waals surface area contributed by atoms with Crippen LogP contribution < -0.4 is 10.6 Å². The Morgan fingerprint density at radius 2 is 1.14 bits per heavy atom. The number of phenols is 4. The first-order valence-electron chi connectivity index (χ1n) is 8.26. The van der Waals surface area contributed by atoms with Gasteiger partial charge in [0, 0.05) is 22.6 Å². The smallest absolute Gasteiger partial charge is 0.259 e. The van der Waals surface area contributed by atoms with Gasteiger partial charge in [-0.05, 0) is 48.5 Å². The van der Waals surface area contributed by atoms with E-state index in [2.05, 4.69) is 17.2 Å². The molecule has 6 N–H and O–H groups in total. The van der Waals surface area contributed by atoms with E-state index in [9.17, 15) is 25.2 Å². The number of nitrogens with one attached hydrogen (secondary N) is 2. The van der Waals surface area contributed by atoms with Crippen LogP contribution in [-0.2, 0) is 0 Å². The monoisotopic (exact) mass is 378 g/mol. The molecule has 0 spiro atoms. The summed E-state index contributed by atoms with van der Waals surface area (Å²) >= 11 is 0. The summed E-state index contributed by atoms with van der Waals surface area (Å²) in [6.45, 7) is 3.85. The molecule has 0 radical (unpaired) electrons. The summed E-state index contributed by atoms with van der Waals surface area (Å²) in [6, 6.07) is 15.3. The highest BCUT2D eigenvalue weighted by Gasteiger charge is 2.14. The SMILES string of the molecule is C=C(Nc1ccc(NC(=O)c2cccc(O)c2O)cc1)c1cccc(O)c1O. The lowest BCUT2D eigenvalue weighted by Crippen LogP contribution is -2.12. The Morgan fingerprint density at radius 1 is 0.679 bits per heavy atom. The summed E-state index contributed by atoms with van der Waals surface area (Å²) < 4.78 is 0. The minimum Gasteiger partial charge on any atom is -0.504 e. The number of carbonyl (C=O) groups excluding carboxylic acids is 1. The molecule has 1 amide bonds. The van der Waals surface area contributed by atoms with Crippen molar-refractivity contribution >= 4 is 23.0 Å². The summed E-state index contributed by atoms with van der Waals surface area (Å²) in [5.74, 6) is -1.94. The average Bonchev–Trinajstić information content (AvgIpc) is 2.67. The first kappa shape index (κ1) is 18.7. The van der Waals surface area contributed by atoms with Crippen LogP contribution in [-0.4, -0.2) is 26.3 Å². The van der Waals surface area contributed by atoms with Crippen LogP contribution in [0.5, 0.6) is 23.0 Å². The Kier molecular flexibility index (Phi) is 5.08. The lowest BCUT2D eigenvalue weighted by Gasteiger charge is -2.13. The molecule has 7 nitrogen and oxygen atoms in total. The fourth-order valence-electron chi connectivity index (χ4n) is 2.57. The molecule has 3 aromatic rings. The number of para-hydroxylation sites is 2. The van der Waals surface area contributed by atoms with Crippen LogP contribution in [0.4, 0.5) is 11.4 Å². The van der Waals surface area contributed by atoms with E-state index >= 15 is 0 Å². The van der Waals surface area contributed by atoms with E-state index in [4.69, 9.17) is 0 Å². The van der Waals surface area contributed by atoms with Gasteiger partial charge in [-0.2, -0.15) is 0 Å². The van der Waals surface area contributed by atoms with E-state index in [1.54, 1.807) is 36.4 Å². The second-order valence-corrected chi connectivity index (χ2v) is 5.98. The Balaban J connectivity index is 1.70. The molecule has 3 aromatic carbocycles. The van der Waals surface area contributed by atoms with Crippen molar-refractivity contribution < 1.29 is 25.2 Å². The minimum atomic E-state index is -0.566. The van der Waals surface area contributed by atoms with Gasteiger partial charge in [-0.15, -0.1) is 0 Å². The normalized spacial score (nSPS) is 10.3. The third-order valence-corrected chi connectivity index (χ3v) is 4.04. The molecular formula is C21H18N2O5. The minimum absolute atomic E-state index is 0.0464. The number of phenolic OH excluding ortho intramolecular Hbond substituents is 4. The predicted molar refractivity (Wildman–Crippen MR) is 107 cm³/mol. The van der Waals surface area contributed by atoms with E-state index < -0.39 is 11.7 Å². The van der Waals surface area contributed by atoms with E-state index in [0.717, 1.165) is 0 Å². The van der Waals surface area contributed by atoms with Gasteiger partial charge in [0.2, 0.25) is 0 Å². The topological polar surface area (TPSA) is 122 Å². The largest absolute Gasteiger partial charge is 0.504 e. The van der Waals surface area contributed by atoms with Gasteiger partial charge >= 0.3 is 0 Å². The van der Waals surface area contributed by atoms with Gasteiger partial charge < -0.3 is 31.1 Å². The zero-order chi connectivity index (χ0) is 20.3. The van der Waals surface area contributed by atoms with Crippen molar-refractivity contribution in [3.63, 3.8) is 0 Å². The number of hydrogen-bond acceptors (Lipinski definition) is 6. The molecule has 0 aliphatic heterocycles. The van der Waals surface area contributed by atoms with Gasteiger partial charge in [0.1, 0.15) is 0 Å². The quantitative estimate of drug-likeness (QED) is 0.375. The maximum absolute atomic E-state index is 12.2. The molecule has 0 aromatic heterocycles. The molecule has 7 heteroatoms. The van der Waals surface area contributed by atoms with Crippen LogP contribution in [0.1, 0.15) is 15.9 Å². The summed E-state index contributed by atoms with van der Waals surface area (Å²) in [4.78, 5) is 12.2. The molecule has 3 rings (SSSR count). The van der Waals surface area contributed by atoms with Gasteiger partial charge in [-0.25, -0.2) is 0 Å². The van der Waals surface area contributed by atoms with Gasteiger partial charge in [-0.1, -0.05) is 18.7 Å². The van der Waals surface area contributed by atoms with Crippen molar-refractivity contribution in [3.05, 3.63) is 78.4 Å². The third kappa shape index (κ3) is 3.83. The van der Waals surface area contributed by atoms with Crippen molar-refractivity contribution in [2.45, 2.75) is 0 Å². The van der Waals surface area contributed by atoms with Crippen LogP contribution in [0.2, 0.25) is 0 Å². The average molecular weight is 378 g/mol. The molecule has 0 fully saturated rings. The van der Waals surface area contributed by atoms with Gasteiger partial charge in [0.25, 0.3) is 5.91 Å². The summed E-state index contributed by atoms with van der Waals surface area (Å²) in [7, 11) is 0. The van der Waals surface area contributed by atoms with Gasteiger partial charge in [0.05, 0.1) is 5.56 Å². The Morgan fingerprint density at radius 3 is 1.71 bits per heavy atom. The third-order valence-electron chi connectivity index (χ3n) is 4.04. The molecule has 0 atom stereocenters. The maximum Gasteiger partial charge on any atom is 0.259 e. The molecule has 142 valence electrons. The number of hydrogen-bond donors (Lipinski definition) is 6. The number of carbonyl (C=O) groups is 1. The Labute approximate surface area is 160 Å². The summed E-state index contributed by atoms with van der Waals surface area (Å²) in [6.07, 6.45) is 0. The van der Waals surface area contributed by atoms with Crippen molar-refractivity contribution in [2.24, 2.45) is 0 Å². The zero-order valence-electron chi connectivity index (χ0n) is 14.7. The highest BCUT2D eigenvalue weighted by Crippen LogP contribution is 2.33. The highest BCUT2D eigenvalue weighted by atomic mass is 16.3. The molecular weight excluding hydrogens is 360 g/mol. The molecule has 0 bridgehead atoms. The molecule has 0 saturated heterocycles. The fourth-order valence-corrected chi connectivity index (χ4v) is 2.57. The number of benzene rings is 3. The molecule has 28 heavy (non-hydrogen) atoms. The predicted octanol–water partition coefficient (Wildman–Crippen LogP) is 3.84. The maximum atomic E-state index is 12.2. The van der Waals surface area contributed by atoms with Gasteiger partial charge in [0.15, 0.2) is 23.0 Å². The first-order valence-corrected chi connectivity index (χ1v) is 8.26. The second-order valence-electron chi connectivity index (χ2n) is 5.98. The molecule has 0 unspecified atom stereocenters. The van der Waals surface area contributed by atoms with E-state index in [0.29, 0.717) is 22.6 Å². The van der Waals surface area contributed by atoms with Crippen LogP contribution >= 0.6 is 0 Å². The van der Waals surface area contributed by atoms with Crippen LogP contribution in [0.3, 0.4) is 0 Å². The number of rotatable bonds is 5. The molecule has 0 aliphatic carbocycles. The van der Waals surface area contributed by atoms with Crippen molar-refractivity contribution in [3.8, 4) is 23.0 Å². The first-order chi connectivity index (χ1) is 13.4. The lowest BCUT2D eigenvalue weighted by atomic mass is 10.1. The second kappa shape index (κ2) is 7.63. The standard InChI is InChI=1S/C21H18N2O5/c1-12(15-4-2-6-17(24)19(15)26)22-13-8-10-14(11-9-13)23-21(28)16-5-3-7-18(25)20(16)27/h2-11,22,24-27H,1H2,(H,23,28). The van der Waals surface area contributed by atoms with E-state index in [-0.39, 0.29) is 22.8 Å². The Hall–Kier alpha value is -4.13. The van der Waals surface area contributed by atoms with Crippen LogP contribution in [0, 0.1) is 0 Å². The number of aromatic hydroxyl groups is 4. The lowest BCUT2D eigenvalue weighted by molar-refractivity contribution is 0.102. The molecule has 0 heterocycles. The summed E-state index contributed by atoms with van der Waals surface area (Å²) in [5, 5.41) is 44.4. The highest BCUT2D eigenvalue weighted by molar-refractivity contribution is 6.06. The van der Waals surface area contributed by atoms with Crippen molar-refractivity contribution in [1.29, 1.82) is 0 Å². The Bertz CT molecular complexity index is 961. The molecule has 0 aliphatic rings. The van der Waals surface area contributed by atoms with E-state index in [1.165, 1.54) is 24.3 Å². The number of anilines is 2. The van der Waals surface area contributed by atoms with Crippen LogP contribution in [0.15, 0.2) is 67.2 Å². The van der Waals surface area contributed by atoms with E-state index in [1.807, 2.05) is 0 Å². The van der Waals surface area contributed by atoms with Gasteiger partial charge in [-0.3, -0.25) is 4.79 Å². The van der Waals surface area contributed by atoms with Crippen molar-refractivity contribution in [1.82, 2.24) is 0 Å². The molecule has 0 saturated carbocycles. The fraction of sp³-hybridized carbons (Fsp3) is 0.